The zero-order valence-corrected chi connectivity index (χ0v) is 23.5. The van der Waals surface area contributed by atoms with Gasteiger partial charge in [-0.15, -0.1) is 0 Å². The quantitative estimate of drug-likeness (QED) is 0.138. The second-order valence-electron chi connectivity index (χ2n) is 9.59. The summed E-state index contributed by atoms with van der Waals surface area (Å²) in [6.45, 7) is 0. The van der Waals surface area contributed by atoms with Gasteiger partial charge in [-0.05, 0) is 43.5 Å². The molecule has 1 nitrogen and oxygen atoms in total. The van der Waals surface area contributed by atoms with E-state index in [1.54, 1.807) is 0 Å². The van der Waals surface area contributed by atoms with Gasteiger partial charge in [-0.3, -0.25) is 0 Å². The fraction of sp³-hybridized carbons (Fsp3) is 0. The van der Waals surface area contributed by atoms with E-state index in [-0.39, 0.29) is 0 Å². The maximum absolute atomic E-state index is 12.7. The number of benzene rings is 6. The van der Waals surface area contributed by atoms with E-state index in [1.165, 1.54) is 20.7 Å². The maximum Gasteiger partial charge on any atom is 0.363 e. The van der Waals surface area contributed by atoms with Crippen LogP contribution in [0.1, 0.15) is 0 Å². The smallest absolute Gasteiger partial charge is 0.0707 e. The zero-order valence-electron chi connectivity index (χ0n) is 21.5. The van der Waals surface area contributed by atoms with Gasteiger partial charge < -0.3 is 0 Å². The molecule has 0 saturated heterocycles. The molecular formula is C36H28OPSi+. The van der Waals surface area contributed by atoms with Crippen LogP contribution in [0.3, 0.4) is 0 Å². The summed E-state index contributed by atoms with van der Waals surface area (Å²) in [4.78, 5) is 0. The Morgan fingerprint density at radius 2 is 0.744 bits per heavy atom. The molecule has 0 spiro atoms. The van der Waals surface area contributed by atoms with Crippen molar-refractivity contribution in [2.24, 2.45) is 0 Å². The Balaban J connectivity index is 1.85. The lowest BCUT2D eigenvalue weighted by Crippen LogP contribution is -2.75. The van der Waals surface area contributed by atoms with Crippen molar-refractivity contribution < 1.29 is 4.57 Å². The molecule has 6 aromatic rings. The third-order valence-corrected chi connectivity index (χ3v) is 12.9. The van der Waals surface area contributed by atoms with E-state index in [0.29, 0.717) is 0 Å². The zero-order chi connectivity index (χ0) is 26.5. The van der Waals surface area contributed by atoms with E-state index in [1.807, 2.05) is 6.07 Å². The summed E-state index contributed by atoms with van der Waals surface area (Å²) in [7, 11) is -3.39. The first kappa shape index (κ1) is 24.9. The second-order valence-corrected chi connectivity index (χ2v) is 14.1. The molecule has 1 atom stereocenters. The minimum Gasteiger partial charge on any atom is -0.0707 e. The third-order valence-electron chi connectivity index (χ3n) is 7.46. The van der Waals surface area contributed by atoms with Crippen LogP contribution >= 0.6 is 8.46 Å². The Hall–Kier alpha value is -4.36. The van der Waals surface area contributed by atoms with Crippen molar-refractivity contribution in [3.8, 4) is 22.3 Å². The Morgan fingerprint density at radius 3 is 1.13 bits per heavy atom. The van der Waals surface area contributed by atoms with Crippen molar-refractivity contribution in [1.29, 1.82) is 0 Å². The minimum atomic E-state index is -2.83. The standard InChI is InChI=1S/C36H27OPSi/c37-38-33-26-27-34(36(29-18-8-2-9-19-29)35(33)28-16-6-1-7-17-28)39(30-20-10-3-11-21-30,31-22-12-4-13-23-31)32-24-14-5-15-25-32/h1-27H/p+1. The van der Waals surface area contributed by atoms with Gasteiger partial charge in [0.15, 0.2) is 13.4 Å². The van der Waals surface area contributed by atoms with Crippen molar-refractivity contribution in [2.45, 2.75) is 0 Å². The van der Waals surface area contributed by atoms with Crippen LogP contribution in [0.2, 0.25) is 0 Å². The van der Waals surface area contributed by atoms with Crippen molar-refractivity contribution in [1.82, 2.24) is 0 Å². The van der Waals surface area contributed by atoms with Gasteiger partial charge in [0, 0.05) is 5.56 Å². The molecule has 0 N–H and O–H groups in total. The van der Waals surface area contributed by atoms with Crippen LogP contribution in [0.4, 0.5) is 0 Å². The maximum atomic E-state index is 12.7. The second kappa shape index (κ2) is 11.2. The van der Waals surface area contributed by atoms with Crippen molar-refractivity contribution >= 4 is 42.6 Å². The van der Waals surface area contributed by atoms with E-state index < -0.39 is 16.5 Å². The van der Waals surface area contributed by atoms with Crippen LogP contribution in [0.5, 0.6) is 0 Å². The summed E-state index contributed by atoms with van der Waals surface area (Å²) in [6, 6.07) is 58.3. The molecule has 0 aromatic heterocycles. The van der Waals surface area contributed by atoms with Crippen molar-refractivity contribution in [2.75, 3.05) is 0 Å². The van der Waals surface area contributed by atoms with Crippen LogP contribution in [-0.2, 0) is 4.57 Å². The fourth-order valence-electron chi connectivity index (χ4n) is 5.84. The lowest BCUT2D eigenvalue weighted by Gasteiger charge is -2.36. The lowest BCUT2D eigenvalue weighted by atomic mass is 9.94. The molecule has 0 bridgehead atoms. The summed E-state index contributed by atoms with van der Waals surface area (Å²) in [6.07, 6.45) is 0. The topological polar surface area (TPSA) is 17.1 Å². The van der Waals surface area contributed by atoms with Gasteiger partial charge in [0.2, 0.25) is 0 Å². The minimum absolute atomic E-state index is 0.560. The molecule has 186 valence electrons. The van der Waals surface area contributed by atoms with Crippen molar-refractivity contribution in [3.05, 3.63) is 164 Å². The van der Waals surface area contributed by atoms with E-state index in [9.17, 15) is 4.57 Å². The lowest BCUT2D eigenvalue weighted by molar-refractivity contribution is 0.603. The third kappa shape index (κ3) is 4.49. The van der Waals surface area contributed by atoms with Gasteiger partial charge in [-0.2, -0.15) is 0 Å². The normalized spacial score (nSPS) is 11.4. The van der Waals surface area contributed by atoms with Crippen LogP contribution < -0.4 is 26.1 Å². The predicted molar refractivity (Wildman–Crippen MR) is 170 cm³/mol. The van der Waals surface area contributed by atoms with E-state index in [0.717, 1.165) is 27.6 Å². The molecule has 6 rings (SSSR count). The first-order valence-corrected chi connectivity index (χ1v) is 16.1. The molecule has 39 heavy (non-hydrogen) atoms. The highest BCUT2D eigenvalue weighted by Crippen LogP contribution is 2.33. The monoisotopic (exact) mass is 535 g/mol. The molecule has 0 aliphatic heterocycles. The largest absolute Gasteiger partial charge is 0.363 e. The van der Waals surface area contributed by atoms with Gasteiger partial charge in [-0.1, -0.05) is 162 Å². The van der Waals surface area contributed by atoms with Gasteiger partial charge in [0.1, 0.15) is 0 Å². The molecule has 0 heterocycles. The molecule has 0 amide bonds. The highest BCUT2D eigenvalue weighted by Gasteiger charge is 2.44. The SMILES string of the molecule is O=[PH+]c1ccc([Si](c2ccccc2)(c2ccccc2)c2ccccc2)c(-c2ccccc2)c1-c1ccccc1. The average Bonchev–Trinajstić information content (AvgIpc) is 3.03. The van der Waals surface area contributed by atoms with E-state index >= 15 is 0 Å². The number of hydrogen-bond donors (Lipinski definition) is 0. The van der Waals surface area contributed by atoms with Gasteiger partial charge in [0.05, 0.1) is 0 Å². The number of hydrogen-bond acceptors (Lipinski definition) is 1. The van der Waals surface area contributed by atoms with Crippen molar-refractivity contribution in [3.63, 3.8) is 0 Å². The molecule has 0 aliphatic rings. The van der Waals surface area contributed by atoms with Gasteiger partial charge >= 0.3 is 8.46 Å². The highest BCUT2D eigenvalue weighted by molar-refractivity contribution is 7.34. The first-order chi connectivity index (χ1) is 19.3. The molecule has 3 heteroatoms. The van der Waals surface area contributed by atoms with E-state index in [4.69, 9.17) is 0 Å². The molecular weight excluding hydrogens is 507 g/mol. The Labute approximate surface area is 232 Å². The molecule has 0 fully saturated rings. The van der Waals surface area contributed by atoms with Crippen LogP contribution in [0.15, 0.2) is 164 Å². The fourth-order valence-corrected chi connectivity index (χ4v) is 11.4. The summed E-state index contributed by atoms with van der Waals surface area (Å²) in [5.41, 5.74) is 4.41. The average molecular weight is 536 g/mol. The van der Waals surface area contributed by atoms with Crippen LogP contribution in [-0.4, -0.2) is 8.07 Å². The predicted octanol–water partition coefficient (Wildman–Crippen LogP) is 6.05. The van der Waals surface area contributed by atoms with Gasteiger partial charge in [-0.25, -0.2) is 0 Å². The van der Waals surface area contributed by atoms with Crippen LogP contribution in [0.25, 0.3) is 22.3 Å². The Morgan fingerprint density at radius 1 is 0.385 bits per heavy atom. The summed E-state index contributed by atoms with van der Waals surface area (Å²) in [5.74, 6) is 0. The molecule has 0 radical (unpaired) electrons. The summed E-state index contributed by atoms with van der Waals surface area (Å²) < 4.78 is 12.7. The Bertz CT molecular complexity index is 1590. The van der Waals surface area contributed by atoms with Gasteiger partial charge in [0.25, 0.3) is 0 Å². The molecule has 1 unspecified atom stereocenters. The molecule has 6 aromatic carbocycles. The summed E-state index contributed by atoms with van der Waals surface area (Å²) in [5, 5.41) is 6.08. The molecule has 0 aliphatic carbocycles. The highest BCUT2D eigenvalue weighted by atomic mass is 31.1. The van der Waals surface area contributed by atoms with E-state index in [2.05, 4.69) is 158 Å². The van der Waals surface area contributed by atoms with Crippen LogP contribution in [0, 0.1) is 0 Å². The Kier molecular flexibility index (Phi) is 7.14. The number of rotatable bonds is 7. The molecule has 0 saturated carbocycles. The first-order valence-electron chi connectivity index (χ1n) is 13.2. The summed E-state index contributed by atoms with van der Waals surface area (Å²) >= 11 is 0.